The van der Waals surface area contributed by atoms with Gasteiger partial charge in [-0.15, -0.1) is 0 Å². The zero-order valence-electron chi connectivity index (χ0n) is 11.7. The summed E-state index contributed by atoms with van der Waals surface area (Å²) >= 11 is 0. The van der Waals surface area contributed by atoms with Gasteiger partial charge >= 0.3 is 5.97 Å². The zero-order valence-corrected chi connectivity index (χ0v) is 11.7. The van der Waals surface area contributed by atoms with Crippen molar-refractivity contribution in [1.82, 2.24) is 10.5 Å². The molecule has 0 radical (unpaired) electrons. The number of amides is 1. The lowest BCUT2D eigenvalue weighted by Crippen LogP contribution is -2.45. The Bertz CT molecular complexity index is 448. The number of rotatable bonds is 6. The van der Waals surface area contributed by atoms with Gasteiger partial charge in [-0.2, -0.15) is 0 Å². The minimum atomic E-state index is -1.01. The van der Waals surface area contributed by atoms with Gasteiger partial charge in [-0.1, -0.05) is 25.4 Å². The summed E-state index contributed by atoms with van der Waals surface area (Å²) in [5, 5.41) is 15.4. The van der Waals surface area contributed by atoms with Gasteiger partial charge < -0.3 is 14.9 Å². The summed E-state index contributed by atoms with van der Waals surface area (Å²) in [5.41, 5.74) is 1.37. The maximum Gasteiger partial charge on any atom is 0.326 e. The molecule has 0 saturated carbocycles. The van der Waals surface area contributed by atoms with E-state index in [1.54, 1.807) is 20.8 Å². The second kappa shape index (κ2) is 6.36. The van der Waals surface area contributed by atoms with Crippen LogP contribution >= 0.6 is 0 Å². The smallest absolute Gasteiger partial charge is 0.326 e. The van der Waals surface area contributed by atoms with Crippen molar-refractivity contribution < 1.29 is 19.2 Å². The van der Waals surface area contributed by atoms with Crippen LogP contribution in [0.5, 0.6) is 0 Å². The van der Waals surface area contributed by atoms with Crippen LogP contribution in [-0.4, -0.2) is 28.2 Å². The first-order chi connectivity index (χ1) is 8.86. The summed E-state index contributed by atoms with van der Waals surface area (Å²) in [6.07, 6.45) is 0.768. The molecule has 19 heavy (non-hydrogen) atoms. The number of carboxylic acids is 1. The first kappa shape index (κ1) is 15.2. The highest BCUT2D eigenvalue weighted by Gasteiger charge is 2.26. The molecule has 1 aromatic rings. The Hall–Kier alpha value is -1.85. The Balaban J connectivity index is 2.71. The van der Waals surface area contributed by atoms with Gasteiger partial charge in [0.05, 0.1) is 12.1 Å². The Morgan fingerprint density at radius 2 is 2.05 bits per heavy atom. The van der Waals surface area contributed by atoms with E-state index in [4.69, 9.17) is 9.63 Å². The summed E-state index contributed by atoms with van der Waals surface area (Å²) in [6, 6.07) is -0.863. The van der Waals surface area contributed by atoms with E-state index in [0.29, 0.717) is 23.4 Å². The molecule has 0 spiro atoms. The van der Waals surface area contributed by atoms with E-state index in [1.807, 2.05) is 6.92 Å². The molecule has 0 bridgehead atoms. The van der Waals surface area contributed by atoms with E-state index in [2.05, 4.69) is 10.5 Å². The van der Waals surface area contributed by atoms with Gasteiger partial charge in [-0.25, -0.2) is 4.79 Å². The summed E-state index contributed by atoms with van der Waals surface area (Å²) in [4.78, 5) is 23.0. The molecule has 2 N–H and O–H groups in total. The van der Waals surface area contributed by atoms with E-state index in [9.17, 15) is 9.59 Å². The lowest BCUT2D eigenvalue weighted by atomic mass is 9.99. The van der Waals surface area contributed by atoms with Crippen LogP contribution in [-0.2, 0) is 16.0 Å². The van der Waals surface area contributed by atoms with Crippen molar-refractivity contribution in [2.75, 3.05) is 0 Å². The number of nitrogens with zero attached hydrogens (tertiary/aromatic N) is 1. The van der Waals surface area contributed by atoms with E-state index >= 15 is 0 Å². The first-order valence-electron chi connectivity index (χ1n) is 6.30. The van der Waals surface area contributed by atoms with Crippen LogP contribution in [0.4, 0.5) is 0 Å². The fourth-order valence-electron chi connectivity index (χ4n) is 1.82. The molecule has 0 aliphatic heterocycles. The lowest BCUT2D eigenvalue weighted by molar-refractivity contribution is -0.143. The topological polar surface area (TPSA) is 92.4 Å². The number of aliphatic carboxylic acids is 1. The monoisotopic (exact) mass is 268 g/mol. The number of carbonyl (C=O) groups excluding carboxylic acids is 1. The molecule has 106 valence electrons. The van der Waals surface area contributed by atoms with Crippen LogP contribution in [0.3, 0.4) is 0 Å². The fourth-order valence-corrected chi connectivity index (χ4v) is 1.82. The van der Waals surface area contributed by atoms with Crippen LogP contribution in [0.15, 0.2) is 4.52 Å². The normalized spacial score (nSPS) is 13.9. The Morgan fingerprint density at radius 1 is 1.42 bits per heavy atom. The SMILES string of the molecule is CCC(C)C(NC(=O)Cc1c(C)noc1C)C(=O)O. The predicted octanol–water partition coefficient (Wildman–Crippen LogP) is 1.45. The molecular weight excluding hydrogens is 248 g/mol. The third kappa shape index (κ3) is 3.81. The molecule has 1 heterocycles. The number of hydrogen-bond acceptors (Lipinski definition) is 4. The minimum absolute atomic E-state index is 0.0847. The van der Waals surface area contributed by atoms with Gasteiger partial charge in [0.1, 0.15) is 11.8 Å². The van der Waals surface area contributed by atoms with Crippen LogP contribution < -0.4 is 5.32 Å². The minimum Gasteiger partial charge on any atom is -0.480 e. The van der Waals surface area contributed by atoms with Crippen LogP contribution in [0.25, 0.3) is 0 Å². The van der Waals surface area contributed by atoms with Gasteiger partial charge in [0.2, 0.25) is 5.91 Å². The molecule has 0 aliphatic carbocycles. The second-order valence-electron chi connectivity index (χ2n) is 4.75. The molecule has 1 aromatic heterocycles. The van der Waals surface area contributed by atoms with Crippen LogP contribution in [0.2, 0.25) is 0 Å². The average molecular weight is 268 g/mol. The molecule has 0 aromatic carbocycles. The fraction of sp³-hybridized carbons (Fsp3) is 0.615. The van der Waals surface area contributed by atoms with Crippen molar-refractivity contribution in [3.63, 3.8) is 0 Å². The van der Waals surface area contributed by atoms with Gasteiger partial charge in [0.25, 0.3) is 0 Å². The van der Waals surface area contributed by atoms with Crippen LogP contribution in [0, 0.1) is 19.8 Å². The summed E-state index contributed by atoms with van der Waals surface area (Å²) in [5.74, 6) is -0.877. The number of carbonyl (C=O) groups is 2. The number of aryl methyl sites for hydroxylation is 2. The Morgan fingerprint density at radius 3 is 2.47 bits per heavy atom. The van der Waals surface area contributed by atoms with Gasteiger partial charge in [-0.3, -0.25) is 4.79 Å². The molecule has 0 saturated heterocycles. The van der Waals surface area contributed by atoms with E-state index in [0.717, 1.165) is 0 Å². The van der Waals surface area contributed by atoms with Crippen molar-refractivity contribution in [2.24, 2.45) is 5.92 Å². The summed E-state index contributed by atoms with van der Waals surface area (Å²) < 4.78 is 4.97. The molecule has 1 amide bonds. The molecule has 6 nitrogen and oxygen atoms in total. The number of hydrogen-bond donors (Lipinski definition) is 2. The predicted molar refractivity (Wildman–Crippen MR) is 68.7 cm³/mol. The molecule has 1 rings (SSSR count). The second-order valence-corrected chi connectivity index (χ2v) is 4.75. The van der Waals surface area contributed by atoms with E-state index in [-0.39, 0.29) is 18.2 Å². The number of nitrogens with one attached hydrogen (secondary N) is 1. The summed E-state index contributed by atoms with van der Waals surface area (Å²) in [6.45, 7) is 7.17. The van der Waals surface area contributed by atoms with E-state index in [1.165, 1.54) is 0 Å². The Kier molecular flexibility index (Phi) is 5.09. The van der Waals surface area contributed by atoms with Crippen molar-refractivity contribution >= 4 is 11.9 Å². The number of aromatic nitrogens is 1. The highest BCUT2D eigenvalue weighted by Crippen LogP contribution is 2.14. The lowest BCUT2D eigenvalue weighted by Gasteiger charge is -2.20. The standard InChI is InChI=1S/C13H20N2O4/c1-5-7(2)12(13(17)18)14-11(16)6-10-8(3)15-19-9(10)4/h7,12H,5-6H2,1-4H3,(H,14,16)(H,17,18). The highest BCUT2D eigenvalue weighted by atomic mass is 16.5. The third-order valence-corrected chi connectivity index (χ3v) is 3.31. The maximum atomic E-state index is 11.9. The van der Waals surface area contributed by atoms with Crippen LogP contribution in [0.1, 0.15) is 37.3 Å². The molecule has 2 atom stereocenters. The number of carboxylic acid groups (broad SMARTS) is 1. The average Bonchev–Trinajstić information content (AvgIpc) is 2.66. The van der Waals surface area contributed by atoms with Gasteiger partial charge in [-0.05, 0) is 19.8 Å². The maximum absolute atomic E-state index is 11.9. The largest absolute Gasteiger partial charge is 0.480 e. The van der Waals surface area contributed by atoms with Crippen molar-refractivity contribution in [2.45, 2.75) is 46.6 Å². The van der Waals surface area contributed by atoms with Crippen molar-refractivity contribution in [3.8, 4) is 0 Å². The zero-order chi connectivity index (χ0) is 14.6. The molecule has 2 unspecified atom stereocenters. The van der Waals surface area contributed by atoms with Gasteiger partial charge in [0, 0.05) is 5.56 Å². The summed E-state index contributed by atoms with van der Waals surface area (Å²) in [7, 11) is 0. The van der Waals surface area contributed by atoms with Crippen molar-refractivity contribution in [1.29, 1.82) is 0 Å². The molecular formula is C13H20N2O4. The Labute approximate surface area is 112 Å². The van der Waals surface area contributed by atoms with Crippen molar-refractivity contribution in [3.05, 3.63) is 17.0 Å². The van der Waals surface area contributed by atoms with Gasteiger partial charge in [0.15, 0.2) is 0 Å². The molecule has 6 heteroatoms. The molecule has 0 fully saturated rings. The molecule has 0 aliphatic rings. The third-order valence-electron chi connectivity index (χ3n) is 3.31. The highest BCUT2D eigenvalue weighted by molar-refractivity contribution is 5.85. The van der Waals surface area contributed by atoms with E-state index < -0.39 is 12.0 Å². The first-order valence-corrected chi connectivity index (χ1v) is 6.30. The quantitative estimate of drug-likeness (QED) is 0.814.